The van der Waals surface area contributed by atoms with E-state index in [9.17, 15) is 5.11 Å². The van der Waals surface area contributed by atoms with Gasteiger partial charge >= 0.3 is 0 Å². The molecule has 0 spiro atoms. The molecule has 1 aliphatic rings. The lowest BCUT2D eigenvalue weighted by Crippen LogP contribution is -2.31. The summed E-state index contributed by atoms with van der Waals surface area (Å²) >= 11 is 5.93. The lowest BCUT2D eigenvalue weighted by atomic mass is 10.2. The smallest absolute Gasteiger partial charge is 0.0635 e. The third-order valence-corrected chi connectivity index (χ3v) is 2.96. The van der Waals surface area contributed by atoms with Gasteiger partial charge in [0.05, 0.1) is 12.6 Å². The number of aliphatic hydroxyl groups is 1. The molecule has 1 atom stereocenters. The summed E-state index contributed by atoms with van der Waals surface area (Å²) in [5, 5.41) is 9.95. The van der Waals surface area contributed by atoms with Crippen molar-refractivity contribution in [2.75, 3.05) is 18.1 Å². The predicted molar refractivity (Wildman–Crippen MR) is 58.9 cm³/mol. The third-order valence-electron chi connectivity index (χ3n) is 2.73. The van der Waals surface area contributed by atoms with Crippen molar-refractivity contribution >= 4 is 17.3 Å². The number of nitrogens with zero attached hydrogens (tertiary/aromatic N) is 1. The molecule has 14 heavy (non-hydrogen) atoms. The summed E-state index contributed by atoms with van der Waals surface area (Å²) in [6.45, 7) is 1.25. The molecule has 0 aliphatic carbocycles. The summed E-state index contributed by atoms with van der Waals surface area (Å²) in [6, 6.07) is 8.09. The molecule has 1 aromatic rings. The molecule has 76 valence electrons. The molecular weight excluding hydrogens is 198 g/mol. The van der Waals surface area contributed by atoms with Gasteiger partial charge in [-0.25, -0.2) is 0 Å². The van der Waals surface area contributed by atoms with E-state index in [4.69, 9.17) is 11.6 Å². The van der Waals surface area contributed by atoms with Crippen LogP contribution in [0.5, 0.6) is 0 Å². The topological polar surface area (TPSA) is 23.5 Å². The second-order valence-electron chi connectivity index (χ2n) is 3.65. The number of benzene rings is 1. The summed E-state index contributed by atoms with van der Waals surface area (Å²) in [6.07, 6.45) is 2.22. The Morgan fingerprint density at radius 2 is 2.36 bits per heavy atom. The van der Waals surface area contributed by atoms with Crippen molar-refractivity contribution in [1.29, 1.82) is 0 Å². The minimum absolute atomic E-state index is 0.229. The van der Waals surface area contributed by atoms with E-state index < -0.39 is 0 Å². The molecule has 1 aromatic carbocycles. The van der Waals surface area contributed by atoms with Crippen molar-refractivity contribution in [3.8, 4) is 0 Å². The minimum atomic E-state index is 0.229. The van der Waals surface area contributed by atoms with Gasteiger partial charge in [0.2, 0.25) is 0 Å². The highest BCUT2D eigenvalue weighted by Crippen LogP contribution is 2.27. The lowest BCUT2D eigenvalue weighted by Gasteiger charge is -2.25. The predicted octanol–water partition coefficient (Wildman–Crippen LogP) is 2.30. The molecule has 0 radical (unpaired) electrons. The molecule has 0 unspecified atom stereocenters. The highest BCUT2D eigenvalue weighted by Gasteiger charge is 2.23. The summed E-state index contributed by atoms with van der Waals surface area (Å²) in [7, 11) is 0. The van der Waals surface area contributed by atoms with Gasteiger partial charge < -0.3 is 10.0 Å². The molecule has 1 aliphatic heterocycles. The van der Waals surface area contributed by atoms with Crippen LogP contribution in [-0.4, -0.2) is 24.3 Å². The molecule has 0 aromatic heterocycles. The average molecular weight is 212 g/mol. The van der Waals surface area contributed by atoms with E-state index >= 15 is 0 Å². The number of aliphatic hydroxyl groups excluding tert-OH is 1. The number of hydrogen-bond donors (Lipinski definition) is 1. The van der Waals surface area contributed by atoms with E-state index in [-0.39, 0.29) is 12.6 Å². The van der Waals surface area contributed by atoms with Crippen molar-refractivity contribution in [2.24, 2.45) is 0 Å². The highest BCUT2D eigenvalue weighted by molar-refractivity contribution is 6.30. The van der Waals surface area contributed by atoms with Crippen LogP contribution in [0.25, 0.3) is 0 Å². The molecule has 0 amide bonds. The first-order valence-corrected chi connectivity index (χ1v) is 5.32. The van der Waals surface area contributed by atoms with Gasteiger partial charge in [0.15, 0.2) is 0 Å². The minimum Gasteiger partial charge on any atom is -0.394 e. The lowest BCUT2D eigenvalue weighted by molar-refractivity contribution is 0.266. The fourth-order valence-electron chi connectivity index (χ4n) is 2.02. The second kappa shape index (κ2) is 4.20. The van der Waals surface area contributed by atoms with Crippen LogP contribution < -0.4 is 4.90 Å². The molecule has 1 heterocycles. The third kappa shape index (κ3) is 1.86. The van der Waals surface area contributed by atoms with Crippen LogP contribution in [0.1, 0.15) is 12.8 Å². The Morgan fingerprint density at radius 3 is 3.07 bits per heavy atom. The summed E-state index contributed by atoms with van der Waals surface area (Å²) in [4.78, 5) is 2.23. The van der Waals surface area contributed by atoms with Crippen LogP contribution in [-0.2, 0) is 0 Å². The van der Waals surface area contributed by atoms with E-state index in [2.05, 4.69) is 4.90 Å². The first kappa shape index (κ1) is 9.81. The SMILES string of the molecule is OC[C@@H]1CCCN1c1cccc(Cl)c1. The monoisotopic (exact) mass is 211 g/mol. The van der Waals surface area contributed by atoms with Gasteiger partial charge in [0, 0.05) is 17.3 Å². The van der Waals surface area contributed by atoms with Crippen LogP contribution >= 0.6 is 11.6 Å². The van der Waals surface area contributed by atoms with E-state index in [1.165, 1.54) is 0 Å². The maximum absolute atomic E-state index is 9.19. The maximum atomic E-state index is 9.19. The Kier molecular flexibility index (Phi) is 2.94. The van der Waals surface area contributed by atoms with Crippen LogP contribution in [0.3, 0.4) is 0 Å². The van der Waals surface area contributed by atoms with E-state index in [1.54, 1.807) is 0 Å². The molecule has 1 saturated heterocycles. The van der Waals surface area contributed by atoms with Gasteiger partial charge in [-0.05, 0) is 31.0 Å². The Balaban J connectivity index is 2.21. The Morgan fingerprint density at radius 1 is 1.50 bits per heavy atom. The zero-order valence-corrected chi connectivity index (χ0v) is 8.74. The Labute approximate surface area is 89.1 Å². The maximum Gasteiger partial charge on any atom is 0.0635 e. The van der Waals surface area contributed by atoms with E-state index in [0.717, 1.165) is 30.1 Å². The van der Waals surface area contributed by atoms with Crippen molar-refractivity contribution in [1.82, 2.24) is 0 Å². The molecular formula is C11H14ClNO. The molecule has 1 N–H and O–H groups in total. The van der Waals surface area contributed by atoms with Crippen LogP contribution in [0.4, 0.5) is 5.69 Å². The fraction of sp³-hybridized carbons (Fsp3) is 0.455. The second-order valence-corrected chi connectivity index (χ2v) is 4.09. The average Bonchev–Trinajstić information content (AvgIpc) is 2.65. The van der Waals surface area contributed by atoms with Gasteiger partial charge in [-0.2, -0.15) is 0 Å². The Hall–Kier alpha value is -0.730. The van der Waals surface area contributed by atoms with Gasteiger partial charge in [-0.1, -0.05) is 17.7 Å². The van der Waals surface area contributed by atoms with Gasteiger partial charge in [-0.15, -0.1) is 0 Å². The van der Waals surface area contributed by atoms with Gasteiger partial charge in [0.1, 0.15) is 0 Å². The number of hydrogen-bond acceptors (Lipinski definition) is 2. The zero-order valence-electron chi connectivity index (χ0n) is 7.99. The normalized spacial score (nSPS) is 21.6. The summed E-state index contributed by atoms with van der Waals surface area (Å²) < 4.78 is 0. The summed E-state index contributed by atoms with van der Waals surface area (Å²) in [5.41, 5.74) is 1.12. The van der Waals surface area contributed by atoms with Crippen LogP contribution in [0, 0.1) is 0 Å². The van der Waals surface area contributed by atoms with Crippen molar-refractivity contribution in [3.05, 3.63) is 29.3 Å². The van der Waals surface area contributed by atoms with E-state index in [1.807, 2.05) is 24.3 Å². The van der Waals surface area contributed by atoms with Crippen molar-refractivity contribution in [3.63, 3.8) is 0 Å². The summed E-state index contributed by atoms with van der Waals surface area (Å²) in [5.74, 6) is 0. The van der Waals surface area contributed by atoms with Gasteiger partial charge in [-0.3, -0.25) is 0 Å². The molecule has 2 rings (SSSR count). The van der Waals surface area contributed by atoms with Crippen molar-refractivity contribution in [2.45, 2.75) is 18.9 Å². The zero-order chi connectivity index (χ0) is 9.97. The standard InChI is InChI=1S/C11H14ClNO/c12-9-3-1-4-10(7-9)13-6-2-5-11(13)8-14/h1,3-4,7,11,14H,2,5-6,8H2/t11-/m0/s1. The van der Waals surface area contributed by atoms with E-state index in [0.29, 0.717) is 0 Å². The first-order valence-electron chi connectivity index (χ1n) is 4.94. The van der Waals surface area contributed by atoms with Gasteiger partial charge in [0.25, 0.3) is 0 Å². The molecule has 2 nitrogen and oxygen atoms in total. The molecule has 1 fully saturated rings. The first-order chi connectivity index (χ1) is 6.81. The number of halogens is 1. The molecule has 0 bridgehead atoms. The number of rotatable bonds is 2. The quantitative estimate of drug-likeness (QED) is 0.812. The Bertz CT molecular complexity index is 316. The van der Waals surface area contributed by atoms with Crippen molar-refractivity contribution < 1.29 is 5.11 Å². The molecule has 3 heteroatoms. The van der Waals surface area contributed by atoms with Crippen LogP contribution in [0.2, 0.25) is 5.02 Å². The fourth-order valence-corrected chi connectivity index (χ4v) is 2.20. The highest BCUT2D eigenvalue weighted by atomic mass is 35.5. The number of anilines is 1. The largest absolute Gasteiger partial charge is 0.394 e. The molecule has 0 saturated carbocycles. The van der Waals surface area contributed by atoms with Crippen LogP contribution in [0.15, 0.2) is 24.3 Å².